The molecule has 3 aromatic carbocycles. The van der Waals surface area contributed by atoms with Crippen LogP contribution in [0.2, 0.25) is 5.02 Å². The topological polar surface area (TPSA) is 84.9 Å². The molecule has 0 unspecified atom stereocenters. The van der Waals surface area contributed by atoms with Gasteiger partial charge in [0, 0.05) is 11.6 Å². The largest absolute Gasteiger partial charge is 0.493 e. The fourth-order valence-corrected chi connectivity index (χ4v) is 5.30. The summed E-state index contributed by atoms with van der Waals surface area (Å²) in [5.74, 6) is 0.893. The summed E-state index contributed by atoms with van der Waals surface area (Å²) in [5, 5.41) is 3.25. The molecule has 1 amide bonds. The van der Waals surface area contributed by atoms with Gasteiger partial charge in [-0.05, 0) is 67.3 Å². The molecule has 0 saturated heterocycles. The Morgan fingerprint density at radius 2 is 1.69 bits per heavy atom. The van der Waals surface area contributed by atoms with Crippen LogP contribution in [-0.2, 0) is 21.2 Å². The van der Waals surface area contributed by atoms with E-state index in [-0.39, 0.29) is 11.4 Å². The van der Waals surface area contributed by atoms with Crippen LogP contribution in [0.1, 0.15) is 17.5 Å². The number of carbonyl (C=O) groups excluding carboxylic acids is 1. The highest BCUT2D eigenvalue weighted by Crippen LogP contribution is 2.31. The maximum atomic E-state index is 13.4. The van der Waals surface area contributed by atoms with Gasteiger partial charge in [0.2, 0.25) is 5.91 Å². The number of aryl methyl sites for hydroxylation is 1. The number of nitrogens with one attached hydrogen (secondary N) is 1. The molecule has 1 N–H and O–H groups in total. The van der Waals surface area contributed by atoms with Crippen molar-refractivity contribution >= 4 is 33.2 Å². The number of methoxy groups -OCH3 is 2. The summed E-state index contributed by atoms with van der Waals surface area (Å²) in [6, 6.07) is 18.7. The predicted octanol–water partition coefficient (Wildman–Crippen LogP) is 4.61. The van der Waals surface area contributed by atoms with Crippen molar-refractivity contribution in [1.82, 2.24) is 5.32 Å². The number of hydrogen-bond donors (Lipinski definition) is 1. The molecule has 3 rings (SSSR count). The molecule has 186 valence electrons. The first kappa shape index (κ1) is 26.4. The van der Waals surface area contributed by atoms with Gasteiger partial charge < -0.3 is 14.8 Å². The second-order valence-electron chi connectivity index (χ2n) is 7.85. The molecule has 0 aliphatic heterocycles. The quantitative estimate of drug-likeness (QED) is 0.376. The summed E-state index contributed by atoms with van der Waals surface area (Å²) in [6.45, 7) is 1.75. The maximum absolute atomic E-state index is 13.4. The number of sulfonamides is 1. The van der Waals surface area contributed by atoms with Crippen molar-refractivity contribution < 1.29 is 22.7 Å². The fraction of sp³-hybridized carbons (Fsp3) is 0.269. The van der Waals surface area contributed by atoms with Gasteiger partial charge in [-0.3, -0.25) is 9.10 Å². The molecule has 35 heavy (non-hydrogen) atoms. The average Bonchev–Trinajstić information content (AvgIpc) is 2.87. The third-order valence-electron chi connectivity index (χ3n) is 5.54. The highest BCUT2D eigenvalue weighted by atomic mass is 35.5. The summed E-state index contributed by atoms with van der Waals surface area (Å²) in [7, 11) is -0.824. The third kappa shape index (κ3) is 6.46. The van der Waals surface area contributed by atoms with Gasteiger partial charge in [-0.15, -0.1) is 0 Å². The molecule has 0 atom stereocenters. The van der Waals surface area contributed by atoms with E-state index in [1.165, 1.54) is 12.1 Å². The summed E-state index contributed by atoms with van der Waals surface area (Å²) in [6.07, 6.45) is 1.38. The molecule has 0 saturated carbocycles. The molecule has 0 fully saturated rings. The minimum absolute atomic E-state index is 0.0978. The summed E-state index contributed by atoms with van der Waals surface area (Å²) >= 11 is 6.25. The van der Waals surface area contributed by atoms with E-state index >= 15 is 0 Å². The van der Waals surface area contributed by atoms with Gasteiger partial charge in [0.15, 0.2) is 11.5 Å². The number of carbonyl (C=O) groups is 1. The van der Waals surface area contributed by atoms with E-state index < -0.39 is 15.9 Å². The Kier molecular flexibility index (Phi) is 9.01. The van der Waals surface area contributed by atoms with Crippen molar-refractivity contribution in [2.24, 2.45) is 0 Å². The summed E-state index contributed by atoms with van der Waals surface area (Å²) in [5.41, 5.74) is 1.98. The van der Waals surface area contributed by atoms with E-state index in [4.69, 9.17) is 21.1 Å². The molecule has 7 nitrogen and oxygen atoms in total. The van der Waals surface area contributed by atoms with Gasteiger partial charge >= 0.3 is 0 Å². The molecule has 0 radical (unpaired) electrons. The Hall–Kier alpha value is -3.23. The molecule has 0 heterocycles. The van der Waals surface area contributed by atoms with Crippen LogP contribution in [-0.4, -0.2) is 41.6 Å². The van der Waals surface area contributed by atoms with Crippen molar-refractivity contribution in [3.63, 3.8) is 0 Å². The number of ether oxygens (including phenoxy) is 2. The van der Waals surface area contributed by atoms with Gasteiger partial charge in [0.05, 0.1) is 24.8 Å². The number of amides is 1. The zero-order valence-electron chi connectivity index (χ0n) is 20.0. The molecule has 0 bridgehead atoms. The van der Waals surface area contributed by atoms with Crippen LogP contribution in [0.5, 0.6) is 11.5 Å². The normalized spacial score (nSPS) is 11.1. The molecule has 0 aliphatic rings. The first-order chi connectivity index (χ1) is 16.8. The Morgan fingerprint density at radius 1 is 0.971 bits per heavy atom. The van der Waals surface area contributed by atoms with E-state index in [9.17, 15) is 13.2 Å². The monoisotopic (exact) mass is 516 g/mol. The van der Waals surface area contributed by atoms with Crippen molar-refractivity contribution in [2.75, 3.05) is 31.6 Å². The van der Waals surface area contributed by atoms with Crippen LogP contribution in [0, 0.1) is 6.92 Å². The highest BCUT2D eigenvalue weighted by Gasteiger charge is 2.28. The molecule has 9 heteroatoms. The van der Waals surface area contributed by atoms with Crippen molar-refractivity contribution in [3.05, 3.63) is 82.9 Å². The number of halogens is 1. The molecule has 0 aliphatic carbocycles. The fourth-order valence-electron chi connectivity index (χ4n) is 3.63. The number of hydrogen-bond acceptors (Lipinski definition) is 5. The standard InChI is InChI=1S/C26H29ClN2O5S/c1-19-22(27)12-7-13-23(19)29(35(31,32)21-10-5-4-6-11-21)18-26(30)28-16-8-9-20-14-15-24(33-2)25(17-20)34-3/h4-7,10-15,17H,8-9,16,18H2,1-3H3,(H,28,30). The van der Waals surface area contributed by atoms with Crippen LogP contribution in [0.15, 0.2) is 71.6 Å². The Balaban J connectivity index is 1.70. The highest BCUT2D eigenvalue weighted by molar-refractivity contribution is 7.92. The lowest BCUT2D eigenvalue weighted by atomic mass is 10.1. The minimum atomic E-state index is -3.99. The minimum Gasteiger partial charge on any atom is -0.493 e. The van der Waals surface area contributed by atoms with Crippen molar-refractivity contribution in [3.8, 4) is 11.5 Å². The summed E-state index contributed by atoms with van der Waals surface area (Å²) < 4.78 is 38.6. The Labute approximate surface area is 211 Å². The molecule has 0 aromatic heterocycles. The second-order valence-corrected chi connectivity index (χ2v) is 10.1. The SMILES string of the molecule is COc1ccc(CCCNC(=O)CN(c2cccc(Cl)c2C)S(=O)(=O)c2ccccc2)cc1OC. The van der Waals surface area contributed by atoms with Crippen LogP contribution < -0.4 is 19.1 Å². The Bertz CT molecular complexity index is 1270. The van der Waals surface area contributed by atoms with Gasteiger partial charge in [0.1, 0.15) is 6.54 Å². The zero-order valence-corrected chi connectivity index (χ0v) is 21.5. The Morgan fingerprint density at radius 3 is 2.37 bits per heavy atom. The van der Waals surface area contributed by atoms with Gasteiger partial charge in [0.25, 0.3) is 10.0 Å². The van der Waals surface area contributed by atoms with E-state index in [0.717, 1.165) is 9.87 Å². The van der Waals surface area contributed by atoms with Gasteiger partial charge in [-0.25, -0.2) is 8.42 Å². The van der Waals surface area contributed by atoms with E-state index in [2.05, 4.69) is 5.32 Å². The smallest absolute Gasteiger partial charge is 0.264 e. The van der Waals surface area contributed by atoms with Crippen LogP contribution in [0.3, 0.4) is 0 Å². The zero-order chi connectivity index (χ0) is 25.4. The van der Waals surface area contributed by atoms with Crippen LogP contribution in [0.4, 0.5) is 5.69 Å². The lowest BCUT2D eigenvalue weighted by Crippen LogP contribution is -2.41. The van der Waals surface area contributed by atoms with Crippen molar-refractivity contribution in [1.29, 1.82) is 0 Å². The van der Waals surface area contributed by atoms with Gasteiger partial charge in [-0.1, -0.05) is 41.9 Å². The first-order valence-electron chi connectivity index (χ1n) is 11.1. The summed E-state index contributed by atoms with van der Waals surface area (Å²) in [4.78, 5) is 12.9. The first-order valence-corrected chi connectivity index (χ1v) is 12.9. The van der Waals surface area contributed by atoms with Crippen LogP contribution in [0.25, 0.3) is 0 Å². The molecular weight excluding hydrogens is 488 g/mol. The number of nitrogens with zero attached hydrogens (tertiary/aromatic N) is 1. The lowest BCUT2D eigenvalue weighted by molar-refractivity contribution is -0.119. The van der Waals surface area contributed by atoms with Crippen molar-refractivity contribution in [2.45, 2.75) is 24.7 Å². The lowest BCUT2D eigenvalue weighted by Gasteiger charge is -2.26. The number of rotatable bonds is 11. The molecular formula is C26H29ClN2O5S. The molecule has 0 spiro atoms. The number of anilines is 1. The van der Waals surface area contributed by atoms with Gasteiger partial charge in [-0.2, -0.15) is 0 Å². The average molecular weight is 517 g/mol. The predicted molar refractivity (Wildman–Crippen MR) is 138 cm³/mol. The van der Waals surface area contributed by atoms with E-state index in [0.29, 0.717) is 47.2 Å². The maximum Gasteiger partial charge on any atom is 0.264 e. The van der Waals surface area contributed by atoms with E-state index in [1.54, 1.807) is 57.5 Å². The van der Waals surface area contributed by atoms with E-state index in [1.807, 2.05) is 18.2 Å². The van der Waals surface area contributed by atoms with Crippen LogP contribution >= 0.6 is 11.6 Å². The molecule has 3 aromatic rings. The number of benzene rings is 3. The second kappa shape index (κ2) is 12.0. The third-order valence-corrected chi connectivity index (χ3v) is 7.72.